The van der Waals surface area contributed by atoms with Crippen LogP contribution < -0.4 is 10.2 Å². The van der Waals surface area contributed by atoms with Crippen LogP contribution in [0.25, 0.3) is 44.3 Å². The lowest BCUT2D eigenvalue weighted by Gasteiger charge is -2.13. The fourth-order valence-electron chi connectivity index (χ4n) is 4.53. The number of aromatic amines is 1. The third-order valence-corrected chi connectivity index (χ3v) is 8.28. The molecule has 0 bridgehead atoms. The monoisotopic (exact) mass is 567 g/mol. The zero-order chi connectivity index (χ0) is 27.9. The van der Waals surface area contributed by atoms with Gasteiger partial charge in [0.1, 0.15) is 10.5 Å². The van der Waals surface area contributed by atoms with E-state index in [1.807, 2.05) is 54.6 Å². The summed E-state index contributed by atoms with van der Waals surface area (Å²) < 4.78 is 28.1. The van der Waals surface area contributed by atoms with Gasteiger partial charge in [-0.05, 0) is 48.9 Å². The highest BCUT2D eigenvalue weighted by Gasteiger charge is 2.18. The van der Waals surface area contributed by atoms with Crippen molar-refractivity contribution in [2.75, 3.05) is 0 Å². The number of nitrogens with zero attached hydrogens (tertiary/aromatic N) is 3. The number of aryl methyl sites for hydroxylation is 1. The van der Waals surface area contributed by atoms with E-state index in [0.717, 1.165) is 16.5 Å². The molecule has 0 amide bonds. The fraction of sp³-hybridized carbons (Fsp3) is 0.0667. The minimum Gasteiger partial charge on any atom is -0.346 e. The Bertz CT molecular complexity index is 2060. The highest BCUT2D eigenvalue weighted by Crippen LogP contribution is 2.36. The third-order valence-electron chi connectivity index (χ3n) is 6.61. The summed E-state index contributed by atoms with van der Waals surface area (Å²) in [7, 11) is -3.87. The molecule has 0 aliphatic heterocycles. The Morgan fingerprint density at radius 1 is 0.950 bits per heavy atom. The highest BCUT2D eigenvalue weighted by molar-refractivity contribution is 7.89. The van der Waals surface area contributed by atoms with Crippen molar-refractivity contribution in [3.05, 3.63) is 118 Å². The molecule has 4 heterocycles. The van der Waals surface area contributed by atoms with Crippen LogP contribution >= 0.6 is 11.6 Å². The second-order valence-electron chi connectivity index (χ2n) is 9.28. The van der Waals surface area contributed by atoms with Gasteiger partial charge in [-0.2, -0.15) is 0 Å². The lowest BCUT2D eigenvalue weighted by Crippen LogP contribution is -2.26. The summed E-state index contributed by atoms with van der Waals surface area (Å²) in [6.45, 7) is 1.57. The summed E-state index contributed by atoms with van der Waals surface area (Å²) in [6, 6.07) is 22.1. The van der Waals surface area contributed by atoms with Crippen LogP contribution in [0.1, 0.15) is 11.3 Å². The molecule has 6 rings (SSSR count). The molecule has 2 N–H and O–H groups in total. The van der Waals surface area contributed by atoms with Crippen molar-refractivity contribution in [2.45, 2.75) is 18.4 Å². The third kappa shape index (κ3) is 4.86. The van der Waals surface area contributed by atoms with E-state index < -0.39 is 10.0 Å². The van der Waals surface area contributed by atoms with E-state index in [-0.39, 0.29) is 22.4 Å². The second kappa shape index (κ2) is 10.3. The van der Waals surface area contributed by atoms with E-state index in [9.17, 15) is 13.2 Å². The standard InChI is InChI=1S/C30H22ClN5O3S/c1-18-9-10-23(17-33-18)40(38,39)35-16-22-15-34-30-25(29(22)37)14-24(27(36-30)19-6-3-2-4-7-19)21-12-20-8-5-11-32-28(20)26(31)13-21/h2-15,17,35H,16H2,1H3,(H,34,36,37). The molecule has 0 unspecified atom stereocenters. The van der Waals surface area contributed by atoms with Gasteiger partial charge in [-0.25, -0.2) is 18.1 Å². The van der Waals surface area contributed by atoms with Crippen LogP contribution in [0.5, 0.6) is 0 Å². The molecular weight excluding hydrogens is 546 g/mol. The average molecular weight is 568 g/mol. The summed E-state index contributed by atoms with van der Waals surface area (Å²) in [5.41, 5.74) is 4.70. The number of hydrogen-bond acceptors (Lipinski definition) is 6. The number of hydrogen-bond donors (Lipinski definition) is 2. The quantitative estimate of drug-likeness (QED) is 0.269. The number of H-pyrrole nitrogens is 1. The average Bonchev–Trinajstić information content (AvgIpc) is 2.97. The number of rotatable bonds is 6. The molecular formula is C30H22ClN5O3S. The van der Waals surface area contributed by atoms with E-state index in [0.29, 0.717) is 38.5 Å². The fourth-order valence-corrected chi connectivity index (χ4v) is 5.76. The summed E-state index contributed by atoms with van der Waals surface area (Å²) in [6.07, 6.45) is 4.46. The van der Waals surface area contributed by atoms with Gasteiger partial charge in [0.05, 0.1) is 21.6 Å². The molecule has 4 aromatic heterocycles. The summed E-state index contributed by atoms with van der Waals surface area (Å²) in [4.78, 5) is 30.0. The predicted octanol–water partition coefficient (Wildman–Crippen LogP) is 5.64. The van der Waals surface area contributed by atoms with Crippen molar-refractivity contribution in [3.63, 3.8) is 0 Å². The van der Waals surface area contributed by atoms with Gasteiger partial charge in [-0.1, -0.05) is 48.0 Å². The maximum absolute atomic E-state index is 13.6. The zero-order valence-electron chi connectivity index (χ0n) is 21.2. The largest absolute Gasteiger partial charge is 0.346 e. The van der Waals surface area contributed by atoms with Crippen LogP contribution in [0.2, 0.25) is 5.02 Å². The van der Waals surface area contributed by atoms with E-state index in [2.05, 4.69) is 19.7 Å². The summed E-state index contributed by atoms with van der Waals surface area (Å²) in [5, 5.41) is 1.66. The maximum atomic E-state index is 13.6. The Hall–Kier alpha value is -4.44. The van der Waals surface area contributed by atoms with Gasteiger partial charge < -0.3 is 4.98 Å². The molecule has 0 atom stereocenters. The smallest absolute Gasteiger partial charge is 0.242 e. The van der Waals surface area contributed by atoms with E-state index in [4.69, 9.17) is 16.6 Å². The maximum Gasteiger partial charge on any atom is 0.242 e. The van der Waals surface area contributed by atoms with Gasteiger partial charge in [0, 0.05) is 52.9 Å². The molecule has 0 radical (unpaired) electrons. The first-order valence-corrected chi connectivity index (χ1v) is 14.2. The number of aromatic nitrogens is 4. The number of pyridine rings is 4. The van der Waals surface area contributed by atoms with Crippen molar-refractivity contribution in [3.8, 4) is 22.4 Å². The second-order valence-corrected chi connectivity index (χ2v) is 11.5. The minimum absolute atomic E-state index is 0.0226. The molecule has 6 aromatic rings. The molecule has 8 nitrogen and oxygen atoms in total. The van der Waals surface area contributed by atoms with E-state index >= 15 is 0 Å². The first-order valence-electron chi connectivity index (χ1n) is 12.4. The van der Waals surface area contributed by atoms with Crippen LogP contribution in [0.3, 0.4) is 0 Å². The molecule has 0 saturated carbocycles. The van der Waals surface area contributed by atoms with E-state index in [1.165, 1.54) is 18.5 Å². The number of halogens is 1. The highest BCUT2D eigenvalue weighted by atomic mass is 35.5. The van der Waals surface area contributed by atoms with Gasteiger partial charge in [-0.15, -0.1) is 0 Å². The van der Waals surface area contributed by atoms with Crippen molar-refractivity contribution in [1.29, 1.82) is 0 Å². The minimum atomic E-state index is -3.87. The molecule has 10 heteroatoms. The van der Waals surface area contributed by atoms with Gasteiger partial charge in [-0.3, -0.25) is 14.8 Å². The van der Waals surface area contributed by atoms with Crippen LogP contribution in [0.15, 0.2) is 101 Å². The Morgan fingerprint density at radius 3 is 2.55 bits per heavy atom. The Labute approximate surface area is 234 Å². The number of benzene rings is 2. The SMILES string of the molecule is Cc1ccc(S(=O)(=O)NCc2c[nH]c3nc(-c4ccccc4)c(-c4cc(Cl)c5ncccc5c4)cc3c2=O)cn1. The topological polar surface area (TPSA) is 118 Å². The predicted molar refractivity (Wildman–Crippen MR) is 157 cm³/mol. The molecule has 0 saturated heterocycles. The molecule has 0 aliphatic carbocycles. The van der Waals surface area contributed by atoms with Crippen molar-refractivity contribution in [2.24, 2.45) is 0 Å². The van der Waals surface area contributed by atoms with E-state index in [1.54, 1.807) is 25.3 Å². The Kier molecular flexibility index (Phi) is 6.63. The van der Waals surface area contributed by atoms with Crippen LogP contribution in [-0.4, -0.2) is 28.4 Å². The van der Waals surface area contributed by atoms with Gasteiger partial charge in [0.25, 0.3) is 0 Å². The van der Waals surface area contributed by atoms with Crippen LogP contribution in [-0.2, 0) is 16.6 Å². The molecule has 0 spiro atoms. The van der Waals surface area contributed by atoms with Gasteiger partial charge in [0.2, 0.25) is 10.0 Å². The number of fused-ring (bicyclic) bond motifs is 2. The zero-order valence-corrected chi connectivity index (χ0v) is 22.8. The summed E-state index contributed by atoms with van der Waals surface area (Å²) in [5.74, 6) is 0. The van der Waals surface area contributed by atoms with Crippen molar-refractivity contribution < 1.29 is 8.42 Å². The molecule has 0 fully saturated rings. The lowest BCUT2D eigenvalue weighted by molar-refractivity contribution is 0.580. The number of sulfonamides is 1. The van der Waals surface area contributed by atoms with Crippen molar-refractivity contribution in [1.82, 2.24) is 24.7 Å². The lowest BCUT2D eigenvalue weighted by atomic mass is 9.96. The molecule has 198 valence electrons. The van der Waals surface area contributed by atoms with Gasteiger partial charge >= 0.3 is 0 Å². The van der Waals surface area contributed by atoms with Crippen LogP contribution in [0.4, 0.5) is 0 Å². The molecule has 0 aliphatic rings. The Morgan fingerprint density at radius 2 is 1.77 bits per heavy atom. The van der Waals surface area contributed by atoms with Crippen LogP contribution in [0, 0.1) is 6.92 Å². The van der Waals surface area contributed by atoms with Gasteiger partial charge in [0.15, 0.2) is 5.43 Å². The summed E-state index contributed by atoms with van der Waals surface area (Å²) >= 11 is 6.61. The molecule has 2 aromatic carbocycles. The normalized spacial score (nSPS) is 11.8. The molecule has 40 heavy (non-hydrogen) atoms. The first kappa shape index (κ1) is 25.8. The Balaban J connectivity index is 1.47. The first-order chi connectivity index (χ1) is 19.3. The van der Waals surface area contributed by atoms with Crippen molar-refractivity contribution >= 4 is 43.6 Å². The number of nitrogens with one attached hydrogen (secondary N) is 2.